The van der Waals surface area contributed by atoms with Crippen molar-refractivity contribution in [1.82, 2.24) is 10.3 Å². The number of hydrogen-bond donors (Lipinski definition) is 1. The van der Waals surface area contributed by atoms with E-state index < -0.39 is 5.91 Å². The average Bonchev–Trinajstić information content (AvgIpc) is 2.62. The first-order valence-corrected chi connectivity index (χ1v) is 7.68. The first-order valence-electron chi connectivity index (χ1n) is 7.68. The summed E-state index contributed by atoms with van der Waals surface area (Å²) in [5, 5.41) is 2.48. The number of benzene rings is 1. The zero-order chi connectivity index (χ0) is 16.9. The third-order valence-corrected chi connectivity index (χ3v) is 3.98. The van der Waals surface area contributed by atoms with Crippen molar-refractivity contribution >= 4 is 17.5 Å². The Morgan fingerprint density at radius 3 is 2.29 bits per heavy atom. The number of allylic oxidation sites excluding steroid dienone is 1. The molecule has 1 aliphatic rings. The Kier molecular flexibility index (Phi) is 4.61. The molecule has 0 aliphatic heterocycles. The van der Waals surface area contributed by atoms with E-state index in [9.17, 15) is 14.4 Å². The van der Waals surface area contributed by atoms with Gasteiger partial charge >= 0.3 is 0 Å². The van der Waals surface area contributed by atoms with Gasteiger partial charge in [0.25, 0.3) is 5.91 Å². The number of nitrogens with one attached hydrogen (secondary N) is 1. The molecule has 1 amide bonds. The van der Waals surface area contributed by atoms with E-state index in [0.717, 1.165) is 5.56 Å². The summed E-state index contributed by atoms with van der Waals surface area (Å²) in [6.07, 6.45) is 3.24. The smallest absolute Gasteiger partial charge is 0.273 e. The van der Waals surface area contributed by atoms with Crippen LogP contribution in [-0.2, 0) is 9.59 Å². The Bertz CT molecular complexity index is 778. The third kappa shape index (κ3) is 3.46. The topological polar surface area (TPSA) is 76.1 Å². The zero-order valence-electron chi connectivity index (χ0n) is 12.9. The minimum Gasteiger partial charge on any atom is -0.326 e. The van der Waals surface area contributed by atoms with Gasteiger partial charge in [0.15, 0.2) is 11.6 Å². The molecule has 2 aromatic rings. The number of rotatable bonds is 3. The summed E-state index contributed by atoms with van der Waals surface area (Å²) < 4.78 is 0. The second-order valence-corrected chi connectivity index (χ2v) is 5.61. The molecule has 1 N–H and O–H groups in total. The number of hydrogen-bond acceptors (Lipinski definition) is 4. The summed E-state index contributed by atoms with van der Waals surface area (Å²) in [7, 11) is 0. The van der Waals surface area contributed by atoms with Crippen molar-refractivity contribution < 1.29 is 14.4 Å². The van der Waals surface area contributed by atoms with Crippen LogP contribution in [0.2, 0.25) is 0 Å². The normalized spacial score (nSPS) is 17.5. The summed E-state index contributed by atoms with van der Waals surface area (Å²) >= 11 is 0. The lowest BCUT2D eigenvalue weighted by Crippen LogP contribution is -2.28. The lowest BCUT2D eigenvalue weighted by Gasteiger charge is -2.22. The lowest BCUT2D eigenvalue weighted by molar-refractivity contribution is -0.124. The van der Waals surface area contributed by atoms with Crippen LogP contribution in [0.5, 0.6) is 0 Å². The van der Waals surface area contributed by atoms with E-state index in [4.69, 9.17) is 0 Å². The maximum absolute atomic E-state index is 12.3. The number of aromatic nitrogens is 1. The number of pyridine rings is 1. The van der Waals surface area contributed by atoms with Crippen molar-refractivity contribution in [3.63, 3.8) is 0 Å². The van der Waals surface area contributed by atoms with Crippen molar-refractivity contribution in [1.29, 1.82) is 0 Å². The van der Waals surface area contributed by atoms with Crippen molar-refractivity contribution in [2.75, 3.05) is 0 Å². The molecule has 1 aromatic heterocycles. The number of Topliss-reactive ketones (excluding diaryl/α,β-unsaturated/α-hetero) is 2. The van der Waals surface area contributed by atoms with Crippen molar-refractivity contribution in [3.8, 4) is 0 Å². The van der Waals surface area contributed by atoms with Gasteiger partial charge in [0.1, 0.15) is 5.69 Å². The third-order valence-electron chi connectivity index (χ3n) is 3.98. The predicted octanol–water partition coefficient (Wildman–Crippen LogP) is 2.41. The fourth-order valence-corrected chi connectivity index (χ4v) is 2.73. The molecule has 1 saturated carbocycles. The van der Waals surface area contributed by atoms with Crippen LogP contribution in [0.4, 0.5) is 0 Å². The largest absolute Gasteiger partial charge is 0.326 e. The quantitative estimate of drug-likeness (QED) is 0.696. The van der Waals surface area contributed by atoms with Crippen LogP contribution < -0.4 is 5.32 Å². The van der Waals surface area contributed by atoms with Crippen molar-refractivity contribution in [2.24, 2.45) is 0 Å². The van der Waals surface area contributed by atoms with E-state index in [0.29, 0.717) is 0 Å². The minimum absolute atomic E-state index is 0.0477. The van der Waals surface area contributed by atoms with Gasteiger partial charge in [0.2, 0.25) is 0 Å². The Balaban J connectivity index is 1.70. The Morgan fingerprint density at radius 1 is 1.00 bits per heavy atom. The van der Waals surface area contributed by atoms with Gasteiger partial charge in [-0.05, 0) is 23.6 Å². The van der Waals surface area contributed by atoms with Gasteiger partial charge in [-0.3, -0.25) is 19.4 Å². The average molecular weight is 320 g/mol. The molecule has 5 nitrogen and oxygen atoms in total. The van der Waals surface area contributed by atoms with Gasteiger partial charge < -0.3 is 5.32 Å². The minimum atomic E-state index is -0.450. The van der Waals surface area contributed by atoms with Crippen LogP contribution in [0.3, 0.4) is 0 Å². The first kappa shape index (κ1) is 15.8. The second-order valence-electron chi connectivity index (χ2n) is 5.61. The molecular weight excluding hydrogens is 304 g/mol. The van der Waals surface area contributed by atoms with Crippen LogP contribution in [0, 0.1) is 0 Å². The summed E-state index contributed by atoms with van der Waals surface area (Å²) in [6.45, 7) is 0. The molecule has 3 rings (SSSR count). The fraction of sp³-hybridized carbons (Fsp3) is 0.158. The summed E-state index contributed by atoms with van der Waals surface area (Å²) in [4.78, 5) is 40.4. The highest BCUT2D eigenvalue weighted by Gasteiger charge is 2.31. The first-order chi connectivity index (χ1) is 11.6. The molecule has 0 saturated heterocycles. The van der Waals surface area contributed by atoms with E-state index in [1.165, 1.54) is 12.4 Å². The predicted molar refractivity (Wildman–Crippen MR) is 88.2 cm³/mol. The highest BCUT2D eigenvalue weighted by atomic mass is 16.2. The molecule has 0 spiro atoms. The summed E-state index contributed by atoms with van der Waals surface area (Å²) in [5.41, 5.74) is 1.26. The molecular formula is C19H16N2O3. The summed E-state index contributed by atoms with van der Waals surface area (Å²) in [5.74, 6) is -1.05. The van der Waals surface area contributed by atoms with Gasteiger partial charge in [-0.1, -0.05) is 36.4 Å². The van der Waals surface area contributed by atoms with Gasteiger partial charge in [-0.2, -0.15) is 0 Å². The van der Waals surface area contributed by atoms with E-state index in [2.05, 4.69) is 10.3 Å². The van der Waals surface area contributed by atoms with E-state index >= 15 is 0 Å². The molecule has 120 valence electrons. The highest BCUT2D eigenvalue weighted by Crippen LogP contribution is 2.31. The highest BCUT2D eigenvalue weighted by molar-refractivity contribution is 6.22. The SMILES string of the molecule is O=C1CC(c2ccccc2)CC(=O)C1=CNC(=O)c1ccccn1. The van der Waals surface area contributed by atoms with Gasteiger partial charge in [-0.15, -0.1) is 0 Å². The maximum Gasteiger partial charge on any atom is 0.273 e. The molecule has 0 atom stereocenters. The van der Waals surface area contributed by atoms with Crippen LogP contribution in [-0.4, -0.2) is 22.5 Å². The van der Waals surface area contributed by atoms with E-state index in [1.807, 2.05) is 30.3 Å². The zero-order valence-corrected chi connectivity index (χ0v) is 12.9. The number of ketones is 2. The van der Waals surface area contributed by atoms with Gasteiger partial charge in [-0.25, -0.2) is 0 Å². The molecule has 1 aliphatic carbocycles. The Morgan fingerprint density at radius 2 is 1.67 bits per heavy atom. The lowest BCUT2D eigenvalue weighted by atomic mass is 9.80. The van der Waals surface area contributed by atoms with Crippen LogP contribution in [0.1, 0.15) is 34.8 Å². The molecule has 1 heterocycles. The molecule has 1 fully saturated rings. The Labute approximate surface area is 139 Å². The molecule has 1 aromatic carbocycles. The monoisotopic (exact) mass is 320 g/mol. The number of carbonyl (C=O) groups excluding carboxylic acids is 3. The van der Waals surface area contributed by atoms with Gasteiger partial charge in [0, 0.05) is 25.2 Å². The van der Waals surface area contributed by atoms with E-state index in [-0.39, 0.29) is 41.6 Å². The number of amides is 1. The molecule has 0 bridgehead atoms. The second kappa shape index (κ2) is 7.00. The van der Waals surface area contributed by atoms with Crippen LogP contribution >= 0.6 is 0 Å². The molecule has 24 heavy (non-hydrogen) atoms. The number of nitrogens with zero attached hydrogens (tertiary/aromatic N) is 1. The van der Waals surface area contributed by atoms with Crippen molar-refractivity contribution in [3.05, 3.63) is 77.8 Å². The van der Waals surface area contributed by atoms with Crippen molar-refractivity contribution in [2.45, 2.75) is 18.8 Å². The molecule has 0 radical (unpaired) electrons. The van der Waals surface area contributed by atoms with Crippen LogP contribution in [0.15, 0.2) is 66.5 Å². The summed E-state index contributed by atoms with van der Waals surface area (Å²) in [6, 6.07) is 14.5. The number of carbonyl (C=O) groups is 3. The van der Waals surface area contributed by atoms with Crippen LogP contribution in [0.25, 0.3) is 0 Å². The molecule has 5 heteroatoms. The van der Waals surface area contributed by atoms with E-state index in [1.54, 1.807) is 18.2 Å². The van der Waals surface area contributed by atoms with Gasteiger partial charge in [0.05, 0.1) is 5.57 Å². The fourth-order valence-electron chi connectivity index (χ4n) is 2.73. The Hall–Kier alpha value is -3.08. The maximum atomic E-state index is 12.3. The molecule has 0 unspecified atom stereocenters. The standard InChI is InChI=1S/C19H16N2O3/c22-17-10-14(13-6-2-1-3-7-13)11-18(23)15(17)12-21-19(24)16-8-4-5-9-20-16/h1-9,12,14H,10-11H2,(H,21,24).